The number of ketones is 1. The molecule has 28 heavy (non-hydrogen) atoms. The van der Waals surface area contributed by atoms with Gasteiger partial charge >= 0.3 is 5.97 Å². The Morgan fingerprint density at radius 1 is 0.857 bits per heavy atom. The van der Waals surface area contributed by atoms with Gasteiger partial charge in [0.05, 0.1) is 0 Å². The summed E-state index contributed by atoms with van der Waals surface area (Å²) >= 11 is 0. The number of esters is 1. The van der Waals surface area contributed by atoms with Crippen molar-refractivity contribution >= 4 is 11.8 Å². The van der Waals surface area contributed by atoms with Crippen molar-refractivity contribution in [2.45, 2.75) is 6.10 Å². The highest BCUT2D eigenvalue weighted by atomic mass is 19.1. The number of halogens is 1. The van der Waals surface area contributed by atoms with Gasteiger partial charge in [-0.05, 0) is 60.7 Å². The topological polar surface area (TPSA) is 61.8 Å². The number of ether oxygens (including phenoxy) is 3. The molecule has 0 aliphatic carbocycles. The fourth-order valence-corrected chi connectivity index (χ4v) is 2.76. The maximum Gasteiger partial charge on any atom is 0.356 e. The second kappa shape index (κ2) is 7.52. The highest BCUT2D eigenvalue weighted by Gasteiger charge is 2.29. The zero-order valence-electron chi connectivity index (χ0n) is 14.6. The van der Waals surface area contributed by atoms with E-state index < -0.39 is 17.9 Å². The second-order valence-electron chi connectivity index (χ2n) is 6.15. The summed E-state index contributed by atoms with van der Waals surface area (Å²) in [7, 11) is 0. The molecular formula is C22H15FO5. The first-order chi connectivity index (χ1) is 13.6. The third-order valence-electron chi connectivity index (χ3n) is 4.21. The van der Waals surface area contributed by atoms with Crippen molar-refractivity contribution in [3.05, 3.63) is 89.7 Å². The zero-order chi connectivity index (χ0) is 19.5. The average molecular weight is 378 g/mol. The Hall–Kier alpha value is -3.67. The SMILES string of the molecule is O=C(c1ccc(F)cc1)c1ccc(OC(=O)[C@H]2COc3ccccc3O2)cc1. The highest BCUT2D eigenvalue weighted by molar-refractivity contribution is 6.09. The van der Waals surface area contributed by atoms with Crippen LogP contribution < -0.4 is 14.2 Å². The maximum atomic E-state index is 13.0. The summed E-state index contributed by atoms with van der Waals surface area (Å²) in [6.45, 7) is 0.0526. The van der Waals surface area contributed by atoms with Crippen molar-refractivity contribution in [1.29, 1.82) is 0 Å². The largest absolute Gasteiger partial charge is 0.485 e. The first-order valence-corrected chi connectivity index (χ1v) is 8.61. The molecule has 0 bridgehead atoms. The molecule has 4 rings (SSSR count). The quantitative estimate of drug-likeness (QED) is 0.393. The van der Waals surface area contributed by atoms with Gasteiger partial charge in [0, 0.05) is 11.1 Å². The monoisotopic (exact) mass is 378 g/mol. The lowest BCUT2D eigenvalue weighted by Crippen LogP contribution is -2.39. The van der Waals surface area contributed by atoms with E-state index in [1.54, 1.807) is 30.3 Å². The molecule has 0 spiro atoms. The molecule has 0 saturated heterocycles. The molecule has 0 radical (unpaired) electrons. The van der Waals surface area contributed by atoms with Crippen molar-refractivity contribution < 1.29 is 28.2 Å². The number of carbonyl (C=O) groups is 2. The summed E-state index contributed by atoms with van der Waals surface area (Å²) < 4.78 is 29.4. The molecule has 0 saturated carbocycles. The molecule has 0 aromatic heterocycles. The van der Waals surface area contributed by atoms with Gasteiger partial charge in [0.2, 0.25) is 6.10 Å². The van der Waals surface area contributed by atoms with Crippen LogP contribution >= 0.6 is 0 Å². The first-order valence-electron chi connectivity index (χ1n) is 8.61. The van der Waals surface area contributed by atoms with Gasteiger partial charge in [-0.3, -0.25) is 4.79 Å². The number of rotatable bonds is 4. The van der Waals surface area contributed by atoms with Crippen LogP contribution in [0.15, 0.2) is 72.8 Å². The predicted octanol–water partition coefficient (Wildman–Crippen LogP) is 3.80. The minimum absolute atomic E-state index is 0.0526. The third kappa shape index (κ3) is 3.71. The molecule has 5 nitrogen and oxygen atoms in total. The van der Waals surface area contributed by atoms with Gasteiger partial charge in [-0.1, -0.05) is 12.1 Å². The molecule has 3 aromatic rings. The van der Waals surface area contributed by atoms with Gasteiger partial charge in [-0.25, -0.2) is 9.18 Å². The molecule has 1 heterocycles. The van der Waals surface area contributed by atoms with Gasteiger partial charge in [0.1, 0.15) is 18.2 Å². The van der Waals surface area contributed by atoms with Crippen LogP contribution in [-0.2, 0) is 4.79 Å². The summed E-state index contributed by atoms with van der Waals surface area (Å²) in [4.78, 5) is 24.7. The predicted molar refractivity (Wildman–Crippen MR) is 98.3 cm³/mol. The van der Waals surface area contributed by atoms with E-state index >= 15 is 0 Å². The van der Waals surface area contributed by atoms with Crippen LogP contribution in [0.4, 0.5) is 4.39 Å². The fraction of sp³-hybridized carbons (Fsp3) is 0.0909. The smallest absolute Gasteiger partial charge is 0.356 e. The molecular weight excluding hydrogens is 363 g/mol. The minimum Gasteiger partial charge on any atom is -0.485 e. The van der Waals surface area contributed by atoms with E-state index in [2.05, 4.69) is 0 Å². The lowest BCUT2D eigenvalue weighted by atomic mass is 10.0. The van der Waals surface area contributed by atoms with Crippen molar-refractivity contribution in [3.8, 4) is 17.2 Å². The molecule has 6 heteroatoms. The van der Waals surface area contributed by atoms with E-state index in [4.69, 9.17) is 14.2 Å². The molecule has 0 unspecified atom stereocenters. The standard InChI is InChI=1S/C22H15FO5/c23-16-9-5-14(6-10-16)21(24)15-7-11-17(12-8-15)27-22(25)20-13-26-18-3-1-2-4-19(18)28-20/h1-12,20H,13H2/t20-/m1/s1. The van der Waals surface area contributed by atoms with E-state index in [1.807, 2.05) is 6.07 Å². The van der Waals surface area contributed by atoms with Crippen molar-refractivity contribution in [2.24, 2.45) is 0 Å². The van der Waals surface area contributed by atoms with Crippen LogP contribution in [0.2, 0.25) is 0 Å². The Morgan fingerprint density at radius 2 is 1.46 bits per heavy atom. The molecule has 3 aromatic carbocycles. The van der Waals surface area contributed by atoms with E-state index in [0.29, 0.717) is 22.6 Å². The van der Waals surface area contributed by atoms with Crippen LogP contribution in [0.25, 0.3) is 0 Å². The lowest BCUT2D eigenvalue weighted by molar-refractivity contribution is -0.144. The summed E-state index contributed by atoms with van der Waals surface area (Å²) in [6.07, 6.45) is -0.879. The minimum atomic E-state index is -0.879. The van der Waals surface area contributed by atoms with Gasteiger partial charge < -0.3 is 14.2 Å². The number of hydrogen-bond donors (Lipinski definition) is 0. The number of carbonyl (C=O) groups excluding carboxylic acids is 2. The van der Waals surface area contributed by atoms with Gasteiger partial charge in [0.25, 0.3) is 0 Å². The number of para-hydroxylation sites is 2. The van der Waals surface area contributed by atoms with Crippen LogP contribution in [0.1, 0.15) is 15.9 Å². The number of hydrogen-bond acceptors (Lipinski definition) is 5. The summed E-state index contributed by atoms with van der Waals surface area (Å²) in [5.41, 5.74) is 0.773. The first kappa shape index (κ1) is 17.7. The summed E-state index contributed by atoms with van der Waals surface area (Å²) in [5.74, 6) is 0.0928. The van der Waals surface area contributed by atoms with Gasteiger partial charge in [-0.15, -0.1) is 0 Å². The van der Waals surface area contributed by atoms with Gasteiger partial charge in [-0.2, -0.15) is 0 Å². The van der Waals surface area contributed by atoms with E-state index in [9.17, 15) is 14.0 Å². The molecule has 1 atom stereocenters. The van der Waals surface area contributed by atoms with Crippen LogP contribution in [0.3, 0.4) is 0 Å². The van der Waals surface area contributed by atoms with Crippen LogP contribution in [-0.4, -0.2) is 24.5 Å². The molecule has 1 aliphatic heterocycles. The Morgan fingerprint density at radius 3 is 2.14 bits per heavy atom. The van der Waals surface area contributed by atoms with Gasteiger partial charge in [0.15, 0.2) is 17.3 Å². The van der Waals surface area contributed by atoms with Crippen LogP contribution in [0.5, 0.6) is 17.2 Å². The second-order valence-corrected chi connectivity index (χ2v) is 6.15. The summed E-state index contributed by atoms with van der Waals surface area (Å²) in [6, 6.07) is 18.5. The lowest BCUT2D eigenvalue weighted by Gasteiger charge is -2.24. The number of fused-ring (bicyclic) bond motifs is 1. The van der Waals surface area contributed by atoms with Crippen molar-refractivity contribution in [2.75, 3.05) is 6.61 Å². The Bertz CT molecular complexity index is 1010. The molecule has 140 valence electrons. The zero-order valence-corrected chi connectivity index (χ0v) is 14.6. The summed E-state index contributed by atoms with van der Waals surface area (Å²) in [5, 5.41) is 0. The Labute approximate surface area is 160 Å². The molecule has 1 aliphatic rings. The van der Waals surface area contributed by atoms with Crippen molar-refractivity contribution in [1.82, 2.24) is 0 Å². The average Bonchev–Trinajstić information content (AvgIpc) is 2.74. The molecule has 0 amide bonds. The van der Waals surface area contributed by atoms with E-state index in [1.165, 1.54) is 36.4 Å². The van der Waals surface area contributed by atoms with E-state index in [-0.39, 0.29) is 18.1 Å². The third-order valence-corrected chi connectivity index (χ3v) is 4.21. The maximum absolute atomic E-state index is 13.0. The Balaban J connectivity index is 1.41. The van der Waals surface area contributed by atoms with E-state index in [0.717, 1.165) is 0 Å². The molecule has 0 fully saturated rings. The highest BCUT2D eigenvalue weighted by Crippen LogP contribution is 2.31. The Kier molecular flexibility index (Phi) is 4.76. The normalized spacial score (nSPS) is 15.0. The molecule has 0 N–H and O–H groups in total. The van der Waals surface area contributed by atoms with Crippen molar-refractivity contribution in [3.63, 3.8) is 0 Å². The fourth-order valence-electron chi connectivity index (χ4n) is 2.76. The number of benzene rings is 3. The van der Waals surface area contributed by atoms with Crippen LogP contribution in [0, 0.1) is 5.82 Å².